The van der Waals surface area contributed by atoms with Crippen molar-refractivity contribution in [3.63, 3.8) is 0 Å². The van der Waals surface area contributed by atoms with E-state index in [1.807, 2.05) is 6.92 Å². The smallest absolute Gasteiger partial charge is 0.0900 e. The number of nitrogens with zero attached hydrogens (tertiary/aromatic N) is 1. The van der Waals surface area contributed by atoms with Crippen LogP contribution in [-0.4, -0.2) is 24.2 Å². The number of aromatic nitrogens is 1. The van der Waals surface area contributed by atoms with Crippen LogP contribution in [0.1, 0.15) is 28.4 Å². The van der Waals surface area contributed by atoms with Crippen LogP contribution in [0.15, 0.2) is 0 Å². The van der Waals surface area contributed by atoms with Crippen molar-refractivity contribution in [2.24, 2.45) is 0 Å². The van der Waals surface area contributed by atoms with Crippen LogP contribution in [0.4, 0.5) is 0 Å². The quantitative estimate of drug-likeness (QED) is 0.856. The van der Waals surface area contributed by atoms with E-state index in [0.29, 0.717) is 6.10 Å². The van der Waals surface area contributed by atoms with Crippen LogP contribution in [0.2, 0.25) is 0 Å². The standard InChI is InChI=1S/C11H18N2OS/c1-8-11(15-9(2)13-8)7-14-10-4-3-5-12-6-10/h10,12H,3-7H2,1-2H3/t10-/m0/s1. The highest BCUT2D eigenvalue weighted by Crippen LogP contribution is 2.19. The highest BCUT2D eigenvalue weighted by Gasteiger charge is 2.14. The molecule has 1 fully saturated rings. The molecule has 1 atom stereocenters. The molecule has 15 heavy (non-hydrogen) atoms. The fraction of sp³-hybridized carbons (Fsp3) is 0.727. The molecule has 0 radical (unpaired) electrons. The molecule has 1 N–H and O–H groups in total. The number of aryl methyl sites for hydroxylation is 2. The highest BCUT2D eigenvalue weighted by atomic mass is 32.1. The number of hydrogen-bond acceptors (Lipinski definition) is 4. The molecule has 1 aromatic heterocycles. The Bertz CT molecular complexity index is 318. The van der Waals surface area contributed by atoms with Gasteiger partial charge in [-0.2, -0.15) is 0 Å². The first-order valence-electron chi connectivity index (χ1n) is 5.51. The van der Waals surface area contributed by atoms with Gasteiger partial charge >= 0.3 is 0 Å². The molecule has 2 rings (SSSR count). The predicted molar refractivity (Wildman–Crippen MR) is 62.3 cm³/mol. The number of nitrogens with one attached hydrogen (secondary N) is 1. The van der Waals surface area contributed by atoms with Gasteiger partial charge in [0.1, 0.15) is 0 Å². The van der Waals surface area contributed by atoms with Gasteiger partial charge in [0.05, 0.1) is 28.3 Å². The Morgan fingerprint density at radius 3 is 3.00 bits per heavy atom. The Morgan fingerprint density at radius 2 is 2.40 bits per heavy atom. The predicted octanol–water partition coefficient (Wildman–Crippen LogP) is 2.03. The SMILES string of the molecule is Cc1nc(C)c(CO[C@H]2CCCNC2)s1. The highest BCUT2D eigenvalue weighted by molar-refractivity contribution is 7.11. The van der Waals surface area contributed by atoms with Crippen molar-refractivity contribution in [3.8, 4) is 0 Å². The average molecular weight is 226 g/mol. The topological polar surface area (TPSA) is 34.1 Å². The van der Waals surface area contributed by atoms with Crippen LogP contribution in [0.3, 0.4) is 0 Å². The van der Waals surface area contributed by atoms with E-state index >= 15 is 0 Å². The van der Waals surface area contributed by atoms with Gasteiger partial charge in [-0.05, 0) is 33.2 Å². The Hall–Kier alpha value is -0.450. The van der Waals surface area contributed by atoms with Crippen LogP contribution in [0, 0.1) is 13.8 Å². The summed E-state index contributed by atoms with van der Waals surface area (Å²) < 4.78 is 5.87. The summed E-state index contributed by atoms with van der Waals surface area (Å²) in [5, 5.41) is 4.49. The Morgan fingerprint density at radius 1 is 1.53 bits per heavy atom. The second-order valence-electron chi connectivity index (χ2n) is 4.02. The monoisotopic (exact) mass is 226 g/mol. The van der Waals surface area contributed by atoms with E-state index < -0.39 is 0 Å². The maximum absolute atomic E-state index is 5.87. The van der Waals surface area contributed by atoms with Gasteiger partial charge in [-0.15, -0.1) is 11.3 Å². The molecule has 1 aromatic rings. The summed E-state index contributed by atoms with van der Waals surface area (Å²) in [6.45, 7) is 6.96. The second kappa shape index (κ2) is 5.05. The first-order chi connectivity index (χ1) is 7.25. The van der Waals surface area contributed by atoms with Crippen LogP contribution < -0.4 is 5.32 Å². The molecule has 1 saturated heterocycles. The van der Waals surface area contributed by atoms with E-state index in [0.717, 1.165) is 30.4 Å². The summed E-state index contributed by atoms with van der Waals surface area (Å²) in [4.78, 5) is 5.67. The fourth-order valence-corrected chi connectivity index (χ4v) is 2.72. The molecule has 84 valence electrons. The molecule has 0 amide bonds. The van der Waals surface area contributed by atoms with Crippen LogP contribution in [0.5, 0.6) is 0 Å². The summed E-state index contributed by atoms with van der Waals surface area (Å²) in [5.41, 5.74) is 1.13. The third kappa shape index (κ3) is 3.00. The van der Waals surface area contributed by atoms with Gasteiger partial charge in [-0.1, -0.05) is 0 Å². The zero-order valence-electron chi connectivity index (χ0n) is 9.38. The molecule has 0 aromatic carbocycles. The lowest BCUT2D eigenvalue weighted by Gasteiger charge is -2.22. The van der Waals surface area contributed by atoms with Crippen molar-refractivity contribution in [3.05, 3.63) is 15.6 Å². The number of thiazole rings is 1. The summed E-state index contributed by atoms with van der Waals surface area (Å²) in [5.74, 6) is 0. The zero-order chi connectivity index (χ0) is 10.7. The van der Waals surface area contributed by atoms with Gasteiger partial charge < -0.3 is 10.1 Å². The maximum atomic E-state index is 5.87. The van der Waals surface area contributed by atoms with Gasteiger partial charge in [0.15, 0.2) is 0 Å². The van der Waals surface area contributed by atoms with Gasteiger partial charge in [0, 0.05) is 6.54 Å². The molecule has 0 aliphatic carbocycles. The summed E-state index contributed by atoms with van der Waals surface area (Å²) in [6.07, 6.45) is 2.80. The average Bonchev–Trinajstić information content (AvgIpc) is 2.56. The molecule has 0 unspecified atom stereocenters. The second-order valence-corrected chi connectivity index (χ2v) is 5.31. The van der Waals surface area contributed by atoms with Crippen molar-refractivity contribution in [2.75, 3.05) is 13.1 Å². The molecule has 3 nitrogen and oxygen atoms in total. The Labute approximate surface area is 94.9 Å². The first kappa shape index (κ1) is 11.0. The molecule has 2 heterocycles. The fourth-order valence-electron chi connectivity index (χ4n) is 1.86. The Balaban J connectivity index is 1.84. The summed E-state index contributed by atoms with van der Waals surface area (Å²) in [7, 11) is 0. The van der Waals surface area contributed by atoms with Crippen molar-refractivity contribution in [1.82, 2.24) is 10.3 Å². The zero-order valence-corrected chi connectivity index (χ0v) is 10.2. The van der Waals surface area contributed by atoms with E-state index in [9.17, 15) is 0 Å². The minimum Gasteiger partial charge on any atom is -0.371 e. The molecular formula is C11H18N2OS. The van der Waals surface area contributed by atoms with E-state index in [1.165, 1.54) is 17.7 Å². The molecule has 4 heteroatoms. The lowest BCUT2D eigenvalue weighted by molar-refractivity contribution is 0.0264. The van der Waals surface area contributed by atoms with E-state index in [2.05, 4.69) is 17.2 Å². The minimum absolute atomic E-state index is 0.389. The summed E-state index contributed by atoms with van der Waals surface area (Å²) >= 11 is 1.75. The van der Waals surface area contributed by atoms with Crippen molar-refractivity contribution in [1.29, 1.82) is 0 Å². The maximum Gasteiger partial charge on any atom is 0.0900 e. The number of ether oxygens (including phenoxy) is 1. The van der Waals surface area contributed by atoms with Crippen molar-refractivity contribution < 1.29 is 4.74 Å². The van der Waals surface area contributed by atoms with Gasteiger partial charge in [-0.3, -0.25) is 0 Å². The van der Waals surface area contributed by atoms with Crippen molar-refractivity contribution >= 4 is 11.3 Å². The number of piperidine rings is 1. The number of hydrogen-bond donors (Lipinski definition) is 1. The first-order valence-corrected chi connectivity index (χ1v) is 6.32. The molecule has 0 bridgehead atoms. The lowest BCUT2D eigenvalue weighted by atomic mass is 10.1. The Kier molecular flexibility index (Phi) is 3.72. The van der Waals surface area contributed by atoms with E-state index in [-0.39, 0.29) is 0 Å². The molecule has 1 aliphatic heterocycles. The molecular weight excluding hydrogens is 208 g/mol. The van der Waals surface area contributed by atoms with Gasteiger partial charge in [0.25, 0.3) is 0 Å². The third-order valence-corrected chi connectivity index (χ3v) is 3.75. The largest absolute Gasteiger partial charge is 0.371 e. The molecule has 0 saturated carbocycles. The van der Waals surface area contributed by atoms with E-state index in [4.69, 9.17) is 4.74 Å². The third-order valence-electron chi connectivity index (χ3n) is 2.70. The number of rotatable bonds is 3. The van der Waals surface area contributed by atoms with Crippen molar-refractivity contribution in [2.45, 2.75) is 39.4 Å². The minimum atomic E-state index is 0.389. The van der Waals surface area contributed by atoms with E-state index in [1.54, 1.807) is 11.3 Å². The normalized spacial score (nSPS) is 21.9. The molecule has 1 aliphatic rings. The van der Waals surface area contributed by atoms with Gasteiger partial charge in [-0.25, -0.2) is 4.98 Å². The lowest BCUT2D eigenvalue weighted by Crippen LogP contribution is -2.35. The van der Waals surface area contributed by atoms with Gasteiger partial charge in [0.2, 0.25) is 0 Å². The van der Waals surface area contributed by atoms with Crippen LogP contribution in [0.25, 0.3) is 0 Å². The molecule has 0 spiro atoms. The van der Waals surface area contributed by atoms with Crippen LogP contribution >= 0.6 is 11.3 Å². The van der Waals surface area contributed by atoms with Crippen LogP contribution in [-0.2, 0) is 11.3 Å². The summed E-state index contributed by atoms with van der Waals surface area (Å²) in [6, 6.07) is 0.